The van der Waals surface area contributed by atoms with Crippen molar-refractivity contribution in [2.24, 2.45) is 7.05 Å². The zero-order valence-electron chi connectivity index (χ0n) is 20.5. The fourth-order valence-corrected chi connectivity index (χ4v) is 4.54. The Kier molecular flexibility index (Phi) is 8.11. The average Bonchev–Trinajstić information content (AvgIpc) is 3.43. The highest BCUT2D eigenvalue weighted by Crippen LogP contribution is 2.19. The number of carbonyl (C=O) groups is 2. The van der Waals surface area contributed by atoms with Crippen molar-refractivity contribution in [2.75, 3.05) is 19.7 Å². The Labute approximate surface area is 210 Å². The number of hydrogen-bond donors (Lipinski definition) is 0. The number of amides is 1. The van der Waals surface area contributed by atoms with Crippen molar-refractivity contribution in [1.82, 2.24) is 14.5 Å². The van der Waals surface area contributed by atoms with Gasteiger partial charge in [-0.2, -0.15) is 5.26 Å². The van der Waals surface area contributed by atoms with Gasteiger partial charge in [0.25, 0.3) is 5.56 Å². The first kappa shape index (κ1) is 25.1. The van der Waals surface area contributed by atoms with Gasteiger partial charge in [-0.1, -0.05) is 24.3 Å². The van der Waals surface area contributed by atoms with Crippen molar-refractivity contribution < 1.29 is 14.3 Å². The molecule has 4 rings (SSSR count). The summed E-state index contributed by atoms with van der Waals surface area (Å²) in [7, 11) is 1.74. The Morgan fingerprint density at radius 1 is 1.08 bits per heavy atom. The van der Waals surface area contributed by atoms with Crippen LogP contribution in [0, 0.1) is 11.3 Å². The number of nitriles is 1. The van der Waals surface area contributed by atoms with E-state index in [2.05, 4.69) is 6.07 Å². The number of benzene rings is 2. The van der Waals surface area contributed by atoms with Crippen LogP contribution in [0.2, 0.25) is 0 Å². The smallest absolute Gasteiger partial charge is 0.305 e. The quantitative estimate of drug-likeness (QED) is 0.430. The highest BCUT2D eigenvalue weighted by Gasteiger charge is 2.18. The summed E-state index contributed by atoms with van der Waals surface area (Å²) in [4.78, 5) is 43.7. The van der Waals surface area contributed by atoms with Crippen molar-refractivity contribution in [3.8, 4) is 6.07 Å². The Balaban J connectivity index is 1.38. The summed E-state index contributed by atoms with van der Waals surface area (Å²) in [5.74, 6) is -0.268. The molecule has 0 radical (unpaired) electrons. The van der Waals surface area contributed by atoms with Crippen LogP contribution in [0.4, 0.5) is 0 Å². The van der Waals surface area contributed by atoms with Crippen LogP contribution in [-0.2, 0) is 34.2 Å². The van der Waals surface area contributed by atoms with E-state index in [-0.39, 0.29) is 36.9 Å². The molecule has 0 N–H and O–H groups in total. The summed E-state index contributed by atoms with van der Waals surface area (Å²) in [6.07, 6.45) is 4.12. The second-order valence-electron chi connectivity index (χ2n) is 9.10. The molecule has 0 aliphatic carbocycles. The van der Waals surface area contributed by atoms with Crippen LogP contribution in [0.25, 0.3) is 11.0 Å². The molecule has 0 saturated carbocycles. The molecule has 0 spiro atoms. The minimum atomic E-state index is -0.314. The summed E-state index contributed by atoms with van der Waals surface area (Å²) in [6, 6.07) is 14.9. The zero-order chi connectivity index (χ0) is 25.5. The first-order valence-corrected chi connectivity index (χ1v) is 12.4. The van der Waals surface area contributed by atoms with Crippen LogP contribution in [0.5, 0.6) is 0 Å². The zero-order valence-corrected chi connectivity index (χ0v) is 20.5. The lowest BCUT2D eigenvalue weighted by Gasteiger charge is -2.15. The molecule has 186 valence electrons. The predicted molar refractivity (Wildman–Crippen MR) is 135 cm³/mol. The van der Waals surface area contributed by atoms with Gasteiger partial charge in [0.15, 0.2) is 0 Å². The lowest BCUT2D eigenvalue weighted by molar-refractivity contribution is -0.145. The number of nitrogens with zero attached hydrogens (tertiary/aromatic N) is 4. The fraction of sp³-hybridized carbons (Fsp3) is 0.393. The maximum Gasteiger partial charge on any atom is 0.305 e. The molecule has 8 nitrogen and oxygen atoms in total. The van der Waals surface area contributed by atoms with Gasteiger partial charge in [0, 0.05) is 33.0 Å². The summed E-state index contributed by atoms with van der Waals surface area (Å²) in [5.41, 5.74) is 4.19. The molecule has 36 heavy (non-hydrogen) atoms. The third-order valence-corrected chi connectivity index (χ3v) is 6.58. The number of esters is 1. The van der Waals surface area contributed by atoms with Crippen molar-refractivity contribution in [3.05, 3.63) is 75.2 Å². The van der Waals surface area contributed by atoms with E-state index in [9.17, 15) is 14.4 Å². The summed E-state index contributed by atoms with van der Waals surface area (Å²) < 4.78 is 6.87. The minimum absolute atomic E-state index is 0.0459. The van der Waals surface area contributed by atoms with Crippen LogP contribution < -0.4 is 5.56 Å². The number of aryl methyl sites for hydroxylation is 2. The molecule has 1 saturated heterocycles. The Bertz CT molecular complexity index is 1350. The van der Waals surface area contributed by atoms with E-state index in [1.165, 1.54) is 0 Å². The first-order chi connectivity index (χ1) is 17.5. The van der Waals surface area contributed by atoms with Crippen LogP contribution in [0.15, 0.2) is 47.3 Å². The summed E-state index contributed by atoms with van der Waals surface area (Å²) in [5, 5.41) is 9.00. The molecule has 1 aromatic heterocycles. The topological polar surface area (TPSA) is 105 Å². The van der Waals surface area contributed by atoms with E-state index in [1.807, 2.05) is 35.2 Å². The second kappa shape index (κ2) is 11.6. The number of aromatic nitrogens is 2. The lowest BCUT2D eigenvalue weighted by atomic mass is 10.0. The Hall–Kier alpha value is -3.99. The van der Waals surface area contributed by atoms with E-state index in [1.54, 1.807) is 23.7 Å². The standard InChI is InChI=1S/C28H30N4O4/c1-31-24-8-4-6-22(7-5-9-26(34)36-17-14-25(33)32-15-2-3-16-32)27(24)30-23(28(31)35)18-20-10-12-21(19-29)13-11-20/h4,6,8,10-13H,2-3,5,7,9,14-18H2,1H3. The monoisotopic (exact) mass is 486 g/mol. The van der Waals surface area contributed by atoms with Crippen LogP contribution in [0.1, 0.15) is 54.5 Å². The van der Waals surface area contributed by atoms with Gasteiger partial charge in [0.1, 0.15) is 12.3 Å². The van der Waals surface area contributed by atoms with Crippen LogP contribution in [-0.4, -0.2) is 46.0 Å². The van der Waals surface area contributed by atoms with Gasteiger partial charge in [-0.15, -0.1) is 0 Å². The van der Waals surface area contributed by atoms with Gasteiger partial charge >= 0.3 is 5.97 Å². The van der Waals surface area contributed by atoms with E-state index in [0.29, 0.717) is 30.5 Å². The molecule has 2 heterocycles. The molecular formula is C28H30N4O4. The molecule has 2 aromatic carbocycles. The van der Waals surface area contributed by atoms with Gasteiger partial charge in [0.2, 0.25) is 5.91 Å². The van der Waals surface area contributed by atoms with E-state index >= 15 is 0 Å². The molecule has 0 unspecified atom stereocenters. The first-order valence-electron chi connectivity index (χ1n) is 12.4. The number of hydrogen-bond acceptors (Lipinski definition) is 6. The van der Waals surface area contributed by atoms with Gasteiger partial charge < -0.3 is 14.2 Å². The average molecular weight is 487 g/mol. The van der Waals surface area contributed by atoms with Gasteiger partial charge in [0.05, 0.1) is 29.1 Å². The van der Waals surface area contributed by atoms with Crippen molar-refractivity contribution in [1.29, 1.82) is 5.26 Å². The van der Waals surface area contributed by atoms with Gasteiger partial charge in [-0.3, -0.25) is 14.4 Å². The number of fused-ring (bicyclic) bond motifs is 1. The predicted octanol–water partition coefficient (Wildman–Crippen LogP) is 3.27. The van der Waals surface area contributed by atoms with Crippen LogP contribution in [0.3, 0.4) is 0 Å². The largest absolute Gasteiger partial charge is 0.465 e. The minimum Gasteiger partial charge on any atom is -0.465 e. The number of rotatable bonds is 9. The number of ether oxygens (including phenoxy) is 1. The number of carbonyl (C=O) groups excluding carboxylic acids is 2. The highest BCUT2D eigenvalue weighted by molar-refractivity contribution is 5.79. The third kappa shape index (κ3) is 5.98. The van der Waals surface area contributed by atoms with E-state index in [0.717, 1.165) is 48.1 Å². The second-order valence-corrected chi connectivity index (χ2v) is 9.10. The fourth-order valence-electron chi connectivity index (χ4n) is 4.54. The maximum absolute atomic E-state index is 12.9. The maximum atomic E-state index is 12.9. The van der Waals surface area contributed by atoms with Gasteiger partial charge in [-0.05, 0) is 55.0 Å². The molecule has 8 heteroatoms. The lowest BCUT2D eigenvalue weighted by Crippen LogP contribution is -2.28. The van der Waals surface area contributed by atoms with Crippen LogP contribution >= 0.6 is 0 Å². The molecule has 3 aromatic rings. The molecular weight excluding hydrogens is 456 g/mol. The molecule has 0 bridgehead atoms. The van der Waals surface area contributed by atoms with Crippen molar-refractivity contribution in [3.63, 3.8) is 0 Å². The number of para-hydroxylation sites is 1. The summed E-state index contributed by atoms with van der Waals surface area (Å²) in [6.45, 7) is 1.71. The van der Waals surface area contributed by atoms with E-state index < -0.39 is 0 Å². The van der Waals surface area contributed by atoms with Crippen molar-refractivity contribution in [2.45, 2.75) is 44.9 Å². The Morgan fingerprint density at radius 3 is 2.56 bits per heavy atom. The molecule has 0 atom stereocenters. The molecule has 1 fully saturated rings. The molecule has 1 aliphatic heterocycles. The Morgan fingerprint density at radius 2 is 1.83 bits per heavy atom. The third-order valence-electron chi connectivity index (χ3n) is 6.58. The molecule has 1 amide bonds. The number of likely N-dealkylation sites (tertiary alicyclic amines) is 1. The molecule has 1 aliphatic rings. The summed E-state index contributed by atoms with van der Waals surface area (Å²) >= 11 is 0. The van der Waals surface area contributed by atoms with Gasteiger partial charge in [-0.25, -0.2) is 4.98 Å². The SMILES string of the molecule is Cn1c(=O)c(Cc2ccc(C#N)cc2)nc2c(CCCC(=O)OCCC(=O)N3CCCC3)cccc21. The van der Waals surface area contributed by atoms with E-state index in [4.69, 9.17) is 15.0 Å². The highest BCUT2D eigenvalue weighted by atomic mass is 16.5. The van der Waals surface area contributed by atoms with Crippen molar-refractivity contribution >= 4 is 22.9 Å². The normalized spacial score (nSPS) is 13.1.